The summed E-state index contributed by atoms with van der Waals surface area (Å²) < 4.78 is 1.06. The van der Waals surface area contributed by atoms with Crippen molar-refractivity contribution in [2.75, 3.05) is 6.54 Å². The Balaban J connectivity index is 2.24. The van der Waals surface area contributed by atoms with Crippen LogP contribution in [-0.2, 0) is 4.79 Å². The van der Waals surface area contributed by atoms with Crippen LogP contribution in [0.15, 0.2) is 41.0 Å². The van der Waals surface area contributed by atoms with Gasteiger partial charge in [0.1, 0.15) is 0 Å². The van der Waals surface area contributed by atoms with Gasteiger partial charge in [0.05, 0.1) is 6.04 Å². The average Bonchev–Trinajstić information content (AvgIpc) is 2.32. The number of benzene rings is 1. The molecule has 1 aromatic carbocycles. The molecule has 18 heavy (non-hydrogen) atoms. The van der Waals surface area contributed by atoms with Gasteiger partial charge in [0, 0.05) is 23.6 Å². The molecular weight excluding hydrogens is 290 g/mol. The molecule has 0 aliphatic carbocycles. The van der Waals surface area contributed by atoms with Crippen molar-refractivity contribution in [3.05, 3.63) is 52.5 Å². The van der Waals surface area contributed by atoms with Gasteiger partial charge in [-0.2, -0.15) is 0 Å². The summed E-state index contributed by atoms with van der Waals surface area (Å²) in [5, 5.41) is 0. The highest BCUT2D eigenvalue weighted by molar-refractivity contribution is 9.10. The van der Waals surface area contributed by atoms with E-state index in [9.17, 15) is 4.79 Å². The van der Waals surface area contributed by atoms with E-state index in [1.54, 1.807) is 6.08 Å². The summed E-state index contributed by atoms with van der Waals surface area (Å²) in [5.74, 6) is 1.55. The van der Waals surface area contributed by atoms with Gasteiger partial charge in [0.15, 0.2) is 5.78 Å². The summed E-state index contributed by atoms with van der Waals surface area (Å²) in [6.07, 6.45) is 4.16. The van der Waals surface area contributed by atoms with Gasteiger partial charge >= 0.3 is 0 Å². The van der Waals surface area contributed by atoms with Gasteiger partial charge in [-0.1, -0.05) is 41.9 Å². The van der Waals surface area contributed by atoms with Gasteiger partial charge in [-0.05, 0) is 29.7 Å². The Morgan fingerprint density at radius 1 is 1.33 bits per heavy atom. The number of allylic oxidation sites excluding steroid dienone is 1. The number of nitrogens with zero attached hydrogens (tertiary/aromatic N) is 1. The highest BCUT2D eigenvalue weighted by atomic mass is 79.9. The van der Waals surface area contributed by atoms with Crippen molar-refractivity contribution in [1.82, 2.24) is 4.90 Å². The lowest BCUT2D eigenvalue weighted by atomic mass is 9.96. The third-order valence-corrected chi connectivity index (χ3v) is 3.53. The lowest BCUT2D eigenvalue weighted by Gasteiger charge is -2.34. The van der Waals surface area contributed by atoms with E-state index >= 15 is 0 Å². The van der Waals surface area contributed by atoms with Crippen molar-refractivity contribution in [3.63, 3.8) is 0 Å². The van der Waals surface area contributed by atoms with E-state index in [-0.39, 0.29) is 11.8 Å². The van der Waals surface area contributed by atoms with Crippen LogP contribution in [0.25, 0.3) is 0 Å². The fraction of sp³-hybridized carbons (Fsp3) is 0.333. The summed E-state index contributed by atoms with van der Waals surface area (Å²) in [5.41, 5.74) is 1.19. The molecular formula is C15H17BrNO. The number of ketones is 1. The molecule has 2 rings (SSSR count). The molecule has 1 aliphatic heterocycles. The van der Waals surface area contributed by atoms with Crippen LogP contribution in [0.1, 0.15) is 31.9 Å². The van der Waals surface area contributed by atoms with Crippen LogP contribution >= 0.6 is 15.9 Å². The van der Waals surface area contributed by atoms with E-state index in [0.717, 1.165) is 11.0 Å². The highest BCUT2D eigenvalue weighted by Gasteiger charge is 2.24. The summed E-state index contributed by atoms with van der Waals surface area (Å²) in [6, 6.07) is 8.38. The summed E-state index contributed by atoms with van der Waals surface area (Å²) >= 11 is 3.44. The minimum Gasteiger partial charge on any atom is -0.369 e. The monoisotopic (exact) mass is 306 g/mol. The molecule has 0 saturated heterocycles. The number of hydrogen-bond donors (Lipinski definition) is 0. The topological polar surface area (TPSA) is 20.3 Å². The van der Waals surface area contributed by atoms with Crippen molar-refractivity contribution >= 4 is 21.7 Å². The SMILES string of the molecule is C[C](C)CN1C=CC(=O)CC1c1ccc(Br)cc1. The summed E-state index contributed by atoms with van der Waals surface area (Å²) in [4.78, 5) is 13.9. The average molecular weight is 307 g/mol. The predicted octanol–water partition coefficient (Wildman–Crippen LogP) is 3.89. The fourth-order valence-corrected chi connectivity index (χ4v) is 2.45. The molecule has 1 aromatic rings. The number of carbonyl (C=O) groups excluding carboxylic acids is 1. The van der Waals surface area contributed by atoms with E-state index in [4.69, 9.17) is 0 Å². The minimum absolute atomic E-state index is 0.158. The fourth-order valence-electron chi connectivity index (χ4n) is 2.18. The van der Waals surface area contributed by atoms with Crippen molar-refractivity contribution in [1.29, 1.82) is 0 Å². The van der Waals surface area contributed by atoms with Crippen LogP contribution in [0.2, 0.25) is 0 Å². The van der Waals surface area contributed by atoms with E-state index in [1.807, 2.05) is 18.3 Å². The van der Waals surface area contributed by atoms with Crippen LogP contribution in [0.3, 0.4) is 0 Å². The Kier molecular flexibility index (Phi) is 4.23. The quantitative estimate of drug-likeness (QED) is 0.844. The molecule has 2 nitrogen and oxygen atoms in total. The second-order valence-corrected chi connectivity index (χ2v) is 5.85. The highest BCUT2D eigenvalue weighted by Crippen LogP contribution is 2.30. The smallest absolute Gasteiger partial charge is 0.159 e. The first-order valence-corrected chi connectivity index (χ1v) is 6.87. The molecule has 1 unspecified atom stereocenters. The van der Waals surface area contributed by atoms with E-state index in [2.05, 4.69) is 46.8 Å². The van der Waals surface area contributed by atoms with Crippen molar-refractivity contribution in [3.8, 4) is 0 Å². The standard InChI is InChI=1S/C15H17BrNO/c1-11(2)10-17-8-7-14(18)9-15(17)12-3-5-13(16)6-4-12/h3-8,15H,9-10H2,1-2H3. The van der Waals surface area contributed by atoms with Crippen LogP contribution < -0.4 is 0 Å². The van der Waals surface area contributed by atoms with Crippen LogP contribution in [-0.4, -0.2) is 17.2 Å². The van der Waals surface area contributed by atoms with Gasteiger partial charge in [0.25, 0.3) is 0 Å². The zero-order chi connectivity index (χ0) is 13.1. The zero-order valence-electron chi connectivity index (χ0n) is 10.7. The van der Waals surface area contributed by atoms with Gasteiger partial charge in [0.2, 0.25) is 0 Å². The third-order valence-electron chi connectivity index (χ3n) is 3.00. The first kappa shape index (κ1) is 13.3. The van der Waals surface area contributed by atoms with E-state index < -0.39 is 0 Å². The van der Waals surface area contributed by atoms with Gasteiger partial charge < -0.3 is 4.90 Å². The van der Waals surface area contributed by atoms with E-state index in [1.165, 1.54) is 11.5 Å². The molecule has 1 aliphatic rings. The van der Waals surface area contributed by atoms with E-state index in [0.29, 0.717) is 6.42 Å². The lowest BCUT2D eigenvalue weighted by molar-refractivity contribution is -0.116. The van der Waals surface area contributed by atoms with Crippen molar-refractivity contribution in [2.45, 2.75) is 26.3 Å². The number of carbonyl (C=O) groups is 1. The second kappa shape index (κ2) is 5.70. The maximum atomic E-state index is 11.6. The molecule has 1 radical (unpaired) electrons. The molecule has 95 valence electrons. The maximum Gasteiger partial charge on any atom is 0.159 e. The molecule has 3 heteroatoms. The Morgan fingerprint density at radius 2 is 2.00 bits per heavy atom. The normalized spacial score (nSPS) is 19.7. The summed E-state index contributed by atoms with van der Waals surface area (Å²) in [6.45, 7) is 5.12. The molecule has 0 amide bonds. The Morgan fingerprint density at radius 3 is 2.61 bits per heavy atom. The minimum atomic E-state index is 0.158. The van der Waals surface area contributed by atoms with Crippen molar-refractivity contribution < 1.29 is 4.79 Å². The lowest BCUT2D eigenvalue weighted by Crippen LogP contribution is -2.31. The maximum absolute atomic E-state index is 11.6. The predicted molar refractivity (Wildman–Crippen MR) is 76.9 cm³/mol. The Hall–Kier alpha value is -1.09. The van der Waals surface area contributed by atoms with Gasteiger partial charge in [-0.15, -0.1) is 0 Å². The molecule has 0 N–H and O–H groups in total. The summed E-state index contributed by atoms with van der Waals surface area (Å²) in [7, 11) is 0. The third kappa shape index (κ3) is 3.22. The Labute approximate surface area is 117 Å². The molecule has 1 atom stereocenters. The number of rotatable bonds is 3. The molecule has 0 bridgehead atoms. The largest absolute Gasteiger partial charge is 0.369 e. The van der Waals surface area contributed by atoms with Crippen LogP contribution in [0.5, 0.6) is 0 Å². The van der Waals surface area contributed by atoms with Gasteiger partial charge in [-0.3, -0.25) is 4.79 Å². The zero-order valence-corrected chi connectivity index (χ0v) is 12.3. The van der Waals surface area contributed by atoms with Crippen molar-refractivity contribution in [2.24, 2.45) is 0 Å². The molecule has 0 fully saturated rings. The first-order valence-electron chi connectivity index (χ1n) is 6.07. The Bertz CT molecular complexity index is 450. The number of hydrogen-bond acceptors (Lipinski definition) is 2. The molecule has 1 heterocycles. The van der Waals surface area contributed by atoms with Crippen LogP contribution in [0.4, 0.5) is 0 Å². The molecule has 0 aromatic heterocycles. The van der Waals surface area contributed by atoms with Crippen LogP contribution in [0, 0.1) is 5.92 Å². The molecule has 0 saturated carbocycles. The second-order valence-electron chi connectivity index (χ2n) is 4.93. The molecule has 0 spiro atoms. The van der Waals surface area contributed by atoms with Gasteiger partial charge in [-0.25, -0.2) is 0 Å². The first-order chi connectivity index (χ1) is 8.56. The number of halogens is 1.